The lowest BCUT2D eigenvalue weighted by molar-refractivity contribution is 0.102. The number of nitrogen functional groups attached to an aromatic ring is 1. The van der Waals surface area contributed by atoms with Gasteiger partial charge in [-0.1, -0.05) is 42.1 Å². The molecule has 0 aliphatic heterocycles. The molecule has 0 atom stereocenters. The van der Waals surface area contributed by atoms with Crippen molar-refractivity contribution in [1.82, 2.24) is 19.1 Å². The SMILES string of the molecule is Cc1cccc(C)c1-n1c(SCC(=O)c2c(N)n(C3CC3)c(=O)[nH]c2=O)nc2ccccc2c1=O. The number of H-pyrrole nitrogens is 1. The lowest BCUT2D eigenvalue weighted by Gasteiger charge is -2.17. The molecule has 2 aromatic heterocycles. The van der Waals surface area contributed by atoms with Gasteiger partial charge in [0, 0.05) is 6.04 Å². The molecule has 0 bridgehead atoms. The van der Waals surface area contributed by atoms with Crippen molar-refractivity contribution in [3.63, 3.8) is 0 Å². The zero-order valence-corrected chi connectivity index (χ0v) is 20.0. The van der Waals surface area contributed by atoms with Gasteiger partial charge in [-0.2, -0.15) is 0 Å². The van der Waals surface area contributed by atoms with Crippen LogP contribution in [-0.4, -0.2) is 30.6 Å². The molecule has 2 aromatic carbocycles. The Morgan fingerprint density at radius 3 is 2.46 bits per heavy atom. The van der Waals surface area contributed by atoms with Crippen LogP contribution in [0.3, 0.4) is 0 Å². The van der Waals surface area contributed by atoms with Crippen molar-refractivity contribution in [3.05, 3.63) is 90.3 Å². The molecular weight excluding hydrogens is 466 g/mol. The number of aryl methyl sites for hydroxylation is 2. The van der Waals surface area contributed by atoms with E-state index < -0.39 is 17.0 Å². The summed E-state index contributed by atoms with van der Waals surface area (Å²) in [5.74, 6) is -0.852. The van der Waals surface area contributed by atoms with Gasteiger partial charge in [-0.05, 0) is 49.9 Å². The molecule has 1 saturated carbocycles. The normalized spacial score (nSPS) is 13.3. The number of carbonyl (C=O) groups is 1. The number of nitrogens with zero attached hydrogens (tertiary/aromatic N) is 3. The second-order valence-electron chi connectivity index (χ2n) is 8.63. The highest BCUT2D eigenvalue weighted by molar-refractivity contribution is 7.99. The van der Waals surface area contributed by atoms with E-state index in [0.717, 1.165) is 35.7 Å². The van der Waals surface area contributed by atoms with E-state index in [-0.39, 0.29) is 28.7 Å². The van der Waals surface area contributed by atoms with Gasteiger partial charge in [-0.15, -0.1) is 0 Å². The molecule has 0 unspecified atom stereocenters. The van der Waals surface area contributed by atoms with Crippen LogP contribution in [0.4, 0.5) is 5.82 Å². The summed E-state index contributed by atoms with van der Waals surface area (Å²) >= 11 is 1.05. The van der Waals surface area contributed by atoms with E-state index in [0.29, 0.717) is 21.7 Å². The first-order chi connectivity index (χ1) is 16.8. The number of nitrogens with two attached hydrogens (primary N) is 1. The quantitative estimate of drug-likeness (QED) is 0.242. The van der Waals surface area contributed by atoms with Crippen LogP contribution in [0, 0.1) is 13.8 Å². The van der Waals surface area contributed by atoms with Gasteiger partial charge >= 0.3 is 5.69 Å². The van der Waals surface area contributed by atoms with E-state index in [9.17, 15) is 19.2 Å². The Balaban J connectivity index is 1.60. The van der Waals surface area contributed by atoms with Gasteiger partial charge < -0.3 is 5.73 Å². The fourth-order valence-corrected chi connectivity index (χ4v) is 5.17. The summed E-state index contributed by atoms with van der Waals surface area (Å²) in [6, 6.07) is 12.7. The Hall–Kier alpha value is -3.92. The van der Waals surface area contributed by atoms with Crippen LogP contribution in [0.2, 0.25) is 0 Å². The summed E-state index contributed by atoms with van der Waals surface area (Å²) < 4.78 is 2.80. The number of thioether (sulfide) groups is 1. The largest absolute Gasteiger partial charge is 0.384 e. The van der Waals surface area contributed by atoms with Crippen molar-refractivity contribution in [2.75, 3.05) is 11.5 Å². The molecule has 9 nitrogen and oxygen atoms in total. The number of hydrogen-bond donors (Lipinski definition) is 2. The summed E-state index contributed by atoms with van der Waals surface area (Å²) in [6.45, 7) is 3.82. The number of Topliss-reactive ketones (excluding diaryl/α,β-unsaturated/α-hetero) is 1. The van der Waals surface area contributed by atoms with Gasteiger partial charge in [0.25, 0.3) is 11.1 Å². The maximum atomic E-state index is 13.6. The third-order valence-corrected chi connectivity index (χ3v) is 7.05. The smallest absolute Gasteiger partial charge is 0.330 e. The van der Waals surface area contributed by atoms with E-state index in [2.05, 4.69) is 9.97 Å². The molecule has 0 radical (unpaired) electrons. The minimum atomic E-state index is -0.811. The van der Waals surface area contributed by atoms with Crippen molar-refractivity contribution >= 4 is 34.3 Å². The molecule has 0 spiro atoms. The van der Waals surface area contributed by atoms with Gasteiger partial charge in [0.2, 0.25) is 0 Å². The Morgan fingerprint density at radius 2 is 1.77 bits per heavy atom. The molecule has 3 N–H and O–H groups in total. The van der Waals surface area contributed by atoms with Crippen molar-refractivity contribution in [1.29, 1.82) is 0 Å². The van der Waals surface area contributed by atoms with E-state index in [1.54, 1.807) is 24.3 Å². The predicted octanol–water partition coefficient (Wildman–Crippen LogP) is 2.74. The van der Waals surface area contributed by atoms with Crippen LogP contribution >= 0.6 is 11.8 Å². The van der Waals surface area contributed by atoms with Gasteiger partial charge in [0.1, 0.15) is 11.4 Å². The van der Waals surface area contributed by atoms with Crippen molar-refractivity contribution in [2.45, 2.75) is 37.9 Å². The zero-order valence-electron chi connectivity index (χ0n) is 19.2. The predicted molar refractivity (Wildman–Crippen MR) is 136 cm³/mol. The second-order valence-corrected chi connectivity index (χ2v) is 9.57. The number of anilines is 1. The van der Waals surface area contributed by atoms with Gasteiger partial charge in [0.05, 0.1) is 22.3 Å². The number of rotatable bonds is 6. The third-order valence-electron chi connectivity index (χ3n) is 6.11. The van der Waals surface area contributed by atoms with E-state index in [1.165, 1.54) is 9.13 Å². The number of ketones is 1. The number of para-hydroxylation sites is 2. The number of benzene rings is 2. The fourth-order valence-electron chi connectivity index (χ4n) is 4.30. The first-order valence-electron chi connectivity index (χ1n) is 11.2. The maximum absolute atomic E-state index is 13.6. The molecular formula is C25H23N5O4S. The van der Waals surface area contributed by atoms with Crippen LogP contribution in [0.25, 0.3) is 16.6 Å². The molecule has 1 aliphatic carbocycles. The Bertz CT molecular complexity index is 1660. The second kappa shape index (κ2) is 8.70. The van der Waals surface area contributed by atoms with Crippen LogP contribution in [0.15, 0.2) is 62.0 Å². The highest BCUT2D eigenvalue weighted by Crippen LogP contribution is 2.35. The number of nitrogens with one attached hydrogen (secondary N) is 1. The Kier molecular flexibility index (Phi) is 5.68. The minimum Gasteiger partial charge on any atom is -0.384 e. The number of carbonyl (C=O) groups excluding carboxylic acids is 1. The first-order valence-corrected chi connectivity index (χ1v) is 12.1. The van der Waals surface area contributed by atoms with Crippen LogP contribution in [0.1, 0.15) is 40.4 Å². The summed E-state index contributed by atoms with van der Waals surface area (Å²) in [6.07, 6.45) is 1.53. The maximum Gasteiger partial charge on any atom is 0.330 e. The third kappa shape index (κ3) is 3.99. The molecule has 10 heteroatoms. The molecule has 4 aromatic rings. The number of fused-ring (bicyclic) bond motifs is 1. The topological polar surface area (TPSA) is 133 Å². The van der Waals surface area contributed by atoms with Crippen LogP contribution in [0.5, 0.6) is 0 Å². The summed E-state index contributed by atoms with van der Waals surface area (Å²) in [5.41, 5.74) is 7.16. The lowest BCUT2D eigenvalue weighted by Crippen LogP contribution is -2.36. The number of aromatic amines is 1. The monoisotopic (exact) mass is 489 g/mol. The Labute approximate surface area is 203 Å². The number of aromatic nitrogens is 4. The molecule has 178 valence electrons. The van der Waals surface area contributed by atoms with Crippen molar-refractivity contribution in [3.8, 4) is 5.69 Å². The molecule has 35 heavy (non-hydrogen) atoms. The molecule has 0 amide bonds. The van der Waals surface area contributed by atoms with E-state index in [1.807, 2.05) is 32.0 Å². The number of hydrogen-bond acceptors (Lipinski definition) is 7. The highest BCUT2D eigenvalue weighted by Gasteiger charge is 2.30. The summed E-state index contributed by atoms with van der Waals surface area (Å²) in [7, 11) is 0. The average molecular weight is 490 g/mol. The first kappa shape index (κ1) is 22.9. The summed E-state index contributed by atoms with van der Waals surface area (Å²) in [4.78, 5) is 58.2. The lowest BCUT2D eigenvalue weighted by atomic mass is 10.1. The van der Waals surface area contributed by atoms with E-state index >= 15 is 0 Å². The summed E-state index contributed by atoms with van der Waals surface area (Å²) in [5, 5.41) is 0.785. The van der Waals surface area contributed by atoms with Gasteiger partial charge in [-0.25, -0.2) is 9.78 Å². The molecule has 5 rings (SSSR count). The van der Waals surface area contributed by atoms with Gasteiger partial charge in [0.15, 0.2) is 10.9 Å². The van der Waals surface area contributed by atoms with Crippen molar-refractivity contribution < 1.29 is 4.79 Å². The van der Waals surface area contributed by atoms with Crippen LogP contribution in [-0.2, 0) is 0 Å². The molecule has 1 fully saturated rings. The average Bonchev–Trinajstić information content (AvgIpc) is 3.64. The standard InChI is InChI=1S/C25H23N5O4S/c1-13-6-5-7-14(2)20(13)30-23(33)16-8-3-4-9-17(16)27-25(30)35-12-18(31)19-21(26)29(15-10-11-15)24(34)28-22(19)32/h3-9,15H,10-12,26H2,1-2H3,(H,28,32,34). The fraction of sp³-hybridized carbons (Fsp3) is 0.240. The van der Waals surface area contributed by atoms with Crippen LogP contribution < -0.4 is 22.5 Å². The molecule has 1 aliphatic rings. The minimum absolute atomic E-state index is 0.102. The Morgan fingerprint density at radius 1 is 1.09 bits per heavy atom. The highest BCUT2D eigenvalue weighted by atomic mass is 32.2. The van der Waals surface area contributed by atoms with Crippen molar-refractivity contribution in [2.24, 2.45) is 0 Å². The molecule has 0 saturated heterocycles. The zero-order chi connectivity index (χ0) is 24.9. The van der Waals surface area contributed by atoms with Gasteiger partial charge in [-0.3, -0.25) is 28.5 Å². The van der Waals surface area contributed by atoms with E-state index in [4.69, 9.17) is 5.73 Å². The molecule has 2 heterocycles.